The first-order valence-electron chi connectivity index (χ1n) is 30.8. The summed E-state index contributed by atoms with van der Waals surface area (Å²) in [5, 5.41) is 31.5. The number of carboxylic acids is 1. The third kappa shape index (κ3) is 44.9. The molecular formula is C69H106O12. The molecule has 0 radical (unpaired) electrons. The van der Waals surface area contributed by atoms with E-state index in [2.05, 4.69) is 142 Å². The average Bonchev–Trinajstić information content (AvgIpc) is 3.53. The van der Waals surface area contributed by atoms with Gasteiger partial charge in [-0.25, -0.2) is 4.79 Å². The van der Waals surface area contributed by atoms with Crippen LogP contribution in [0.1, 0.15) is 213 Å². The Balaban J connectivity index is 2.78. The van der Waals surface area contributed by atoms with Gasteiger partial charge < -0.3 is 39.0 Å². The van der Waals surface area contributed by atoms with Crippen LogP contribution in [-0.2, 0) is 42.9 Å². The summed E-state index contributed by atoms with van der Waals surface area (Å²) in [5.41, 5.74) is 0. The van der Waals surface area contributed by atoms with Crippen LogP contribution in [0.25, 0.3) is 0 Å². The summed E-state index contributed by atoms with van der Waals surface area (Å²) in [6, 6.07) is 0. The summed E-state index contributed by atoms with van der Waals surface area (Å²) >= 11 is 0. The third-order valence-electron chi connectivity index (χ3n) is 12.9. The lowest BCUT2D eigenvalue weighted by atomic mass is 9.98. The molecule has 1 rings (SSSR count). The molecule has 1 fully saturated rings. The van der Waals surface area contributed by atoms with Crippen LogP contribution >= 0.6 is 0 Å². The van der Waals surface area contributed by atoms with Crippen molar-refractivity contribution in [2.24, 2.45) is 0 Å². The van der Waals surface area contributed by atoms with Crippen LogP contribution in [0.5, 0.6) is 0 Å². The van der Waals surface area contributed by atoms with Crippen LogP contribution in [0.2, 0.25) is 0 Å². The molecule has 0 spiro atoms. The highest BCUT2D eigenvalue weighted by molar-refractivity contribution is 5.74. The fourth-order valence-electron chi connectivity index (χ4n) is 8.25. The smallest absolute Gasteiger partial charge is 0.335 e. The van der Waals surface area contributed by atoms with Gasteiger partial charge in [-0.1, -0.05) is 218 Å². The van der Waals surface area contributed by atoms with E-state index in [4.69, 9.17) is 23.7 Å². The van der Waals surface area contributed by atoms with E-state index in [0.717, 1.165) is 103 Å². The Morgan fingerprint density at radius 3 is 1.28 bits per heavy atom. The van der Waals surface area contributed by atoms with Gasteiger partial charge in [0.15, 0.2) is 24.6 Å². The second kappa shape index (κ2) is 55.2. The number of hydrogen-bond donors (Lipinski definition) is 3. The van der Waals surface area contributed by atoms with E-state index in [1.165, 1.54) is 38.5 Å². The normalized spacial score (nSPS) is 18.8. The summed E-state index contributed by atoms with van der Waals surface area (Å²) in [6.45, 7) is 5.65. The average molecular weight is 1130 g/mol. The third-order valence-corrected chi connectivity index (χ3v) is 12.9. The van der Waals surface area contributed by atoms with E-state index in [0.29, 0.717) is 32.1 Å². The maximum absolute atomic E-state index is 13.2. The maximum atomic E-state index is 13.2. The molecule has 12 nitrogen and oxygen atoms in total. The quantitative estimate of drug-likeness (QED) is 0.0228. The number of allylic oxidation sites excluding steroid dienone is 24. The highest BCUT2D eigenvalue weighted by Crippen LogP contribution is 2.26. The molecule has 3 N–H and O–H groups in total. The molecule has 1 aliphatic heterocycles. The summed E-state index contributed by atoms with van der Waals surface area (Å²) < 4.78 is 28.3. The number of esters is 3. The minimum Gasteiger partial charge on any atom is -0.479 e. The van der Waals surface area contributed by atoms with Crippen molar-refractivity contribution >= 4 is 23.9 Å². The van der Waals surface area contributed by atoms with E-state index in [1.54, 1.807) is 0 Å². The van der Waals surface area contributed by atoms with Crippen molar-refractivity contribution in [1.82, 2.24) is 0 Å². The lowest BCUT2D eigenvalue weighted by molar-refractivity contribution is -0.301. The lowest BCUT2D eigenvalue weighted by Gasteiger charge is -2.40. The van der Waals surface area contributed by atoms with Crippen LogP contribution in [0.4, 0.5) is 0 Å². The summed E-state index contributed by atoms with van der Waals surface area (Å²) in [4.78, 5) is 51.2. The van der Waals surface area contributed by atoms with Gasteiger partial charge in [0, 0.05) is 19.3 Å². The molecule has 0 aromatic rings. The maximum Gasteiger partial charge on any atom is 0.335 e. The molecule has 0 bridgehead atoms. The Bertz CT molecular complexity index is 1960. The van der Waals surface area contributed by atoms with Gasteiger partial charge in [-0.3, -0.25) is 14.4 Å². The second-order valence-corrected chi connectivity index (χ2v) is 20.2. The molecular weight excluding hydrogens is 1020 g/mol. The largest absolute Gasteiger partial charge is 0.479 e. The van der Waals surface area contributed by atoms with Gasteiger partial charge in [-0.15, -0.1) is 0 Å². The minimum atomic E-state index is -1.94. The molecule has 0 aromatic carbocycles. The van der Waals surface area contributed by atoms with Crippen LogP contribution in [0, 0.1) is 0 Å². The molecule has 0 saturated carbocycles. The van der Waals surface area contributed by atoms with Crippen LogP contribution in [0.3, 0.4) is 0 Å². The van der Waals surface area contributed by atoms with E-state index < -0.39 is 67.3 Å². The number of unbranched alkanes of at least 4 members (excludes halogenated alkanes) is 12. The van der Waals surface area contributed by atoms with Gasteiger partial charge in [0.05, 0.1) is 6.61 Å². The first-order chi connectivity index (χ1) is 39.6. The standard InChI is InChI=1S/C69H106O12/c1-4-7-10-13-16-19-22-25-28-30-31-33-35-37-40-43-46-49-52-55-61(70)77-58-60(79-62(71)56-53-50-47-44-41-38-34-27-24-21-18-15-12-9-6-3)59-78-69-67(65(74)64(73)66(81-69)68(75)76)80-63(72)57-54-51-48-45-42-39-36-32-29-26-23-20-17-14-11-8-5-2/h7-8,10-11,16-17,19-20,25-29,31,33-34,36-37,39-40,45-46,48-49,60,64-67,69,73-74H,4-6,9,12-15,18,21-24,30,32,35,38,41-44,47,50-59H2,1-3H3,(H,75,76)/b10-7-,11-8-,19-16-,20-17-,28-25-,29-26-,33-31-,34-27-,39-36-,40-37-,48-45-,49-46-. The minimum absolute atomic E-state index is 0.0339. The van der Waals surface area contributed by atoms with Crippen molar-refractivity contribution in [3.05, 3.63) is 146 Å². The second-order valence-electron chi connectivity index (χ2n) is 20.2. The number of carboxylic acid groups (broad SMARTS) is 1. The molecule has 6 unspecified atom stereocenters. The lowest BCUT2D eigenvalue weighted by Crippen LogP contribution is -2.61. The number of ether oxygens (including phenoxy) is 5. The van der Waals surface area contributed by atoms with Crippen LogP contribution in [0.15, 0.2) is 146 Å². The monoisotopic (exact) mass is 1130 g/mol. The number of rotatable bonds is 50. The zero-order valence-corrected chi connectivity index (χ0v) is 50.0. The number of hydrogen-bond acceptors (Lipinski definition) is 11. The summed E-state index contributed by atoms with van der Waals surface area (Å²) in [5.74, 6) is -3.34. The Labute approximate surface area is 489 Å². The number of aliphatic hydroxyl groups is 2. The Morgan fingerprint density at radius 2 is 0.815 bits per heavy atom. The SMILES string of the molecule is CC/C=C\C/C=C\C/C=C\C/C=C\C/C=C\C/C=C\CCC(=O)OCC(COC1OC(C(=O)O)C(O)C(O)C1OC(=O)CCC/C=C\C/C=C\C/C=C\C/C=C\C/C=C\CC)OC(=O)CCCCCCC/C=C\CCCCCCCC. The van der Waals surface area contributed by atoms with Crippen molar-refractivity contribution < 1.29 is 58.2 Å². The molecule has 1 heterocycles. The molecule has 454 valence electrons. The van der Waals surface area contributed by atoms with Crippen LogP contribution < -0.4 is 0 Å². The van der Waals surface area contributed by atoms with E-state index in [9.17, 15) is 34.5 Å². The zero-order chi connectivity index (χ0) is 58.9. The number of carbonyl (C=O) groups excluding carboxylic acids is 3. The molecule has 0 amide bonds. The molecule has 81 heavy (non-hydrogen) atoms. The first-order valence-corrected chi connectivity index (χ1v) is 30.8. The first kappa shape index (κ1) is 73.6. The van der Waals surface area contributed by atoms with Crippen molar-refractivity contribution in [2.45, 2.75) is 250 Å². The van der Waals surface area contributed by atoms with Gasteiger partial charge in [-0.2, -0.15) is 0 Å². The van der Waals surface area contributed by atoms with Gasteiger partial charge in [0.2, 0.25) is 0 Å². The number of aliphatic carboxylic acids is 1. The highest BCUT2D eigenvalue weighted by Gasteiger charge is 2.50. The molecule has 0 aliphatic carbocycles. The van der Waals surface area contributed by atoms with Crippen molar-refractivity contribution in [1.29, 1.82) is 0 Å². The van der Waals surface area contributed by atoms with Crippen molar-refractivity contribution in [2.75, 3.05) is 13.2 Å². The predicted molar refractivity (Wildman–Crippen MR) is 330 cm³/mol. The van der Waals surface area contributed by atoms with Crippen LogP contribution in [-0.4, -0.2) is 89.2 Å². The summed E-state index contributed by atoms with van der Waals surface area (Å²) in [6.07, 6.45) is 66.8. The number of aliphatic hydroxyl groups excluding tert-OH is 2. The van der Waals surface area contributed by atoms with Crippen molar-refractivity contribution in [3.8, 4) is 0 Å². The molecule has 1 aliphatic rings. The summed E-state index contributed by atoms with van der Waals surface area (Å²) in [7, 11) is 0. The predicted octanol–water partition coefficient (Wildman–Crippen LogP) is 16.3. The Morgan fingerprint density at radius 1 is 0.420 bits per heavy atom. The van der Waals surface area contributed by atoms with E-state index in [-0.39, 0.29) is 25.9 Å². The fourth-order valence-corrected chi connectivity index (χ4v) is 8.25. The molecule has 0 aromatic heterocycles. The van der Waals surface area contributed by atoms with Crippen molar-refractivity contribution in [3.63, 3.8) is 0 Å². The topological polar surface area (TPSA) is 175 Å². The van der Waals surface area contributed by atoms with E-state index in [1.807, 2.05) is 24.3 Å². The zero-order valence-electron chi connectivity index (χ0n) is 50.0. The van der Waals surface area contributed by atoms with Gasteiger partial charge in [-0.05, 0) is 122 Å². The van der Waals surface area contributed by atoms with Gasteiger partial charge in [0.1, 0.15) is 18.8 Å². The number of carbonyl (C=O) groups is 4. The van der Waals surface area contributed by atoms with Gasteiger partial charge >= 0.3 is 23.9 Å². The van der Waals surface area contributed by atoms with E-state index >= 15 is 0 Å². The fraction of sp³-hybridized carbons (Fsp3) is 0.594. The molecule has 6 atom stereocenters. The molecule has 1 saturated heterocycles. The highest BCUT2D eigenvalue weighted by atomic mass is 16.7. The Kier molecular flexibility index (Phi) is 50.1. The molecule has 12 heteroatoms. The Hall–Kier alpha value is -5.40. The van der Waals surface area contributed by atoms with Gasteiger partial charge in [0.25, 0.3) is 0 Å².